The highest BCUT2D eigenvalue weighted by atomic mass is 33.1. The number of methoxy groups -OCH3 is 2. The molecular formula is C49H60N5O14PS3. The van der Waals surface area contributed by atoms with Gasteiger partial charge >= 0.3 is 18.2 Å². The maximum atomic E-state index is 15.4. The summed E-state index contributed by atoms with van der Waals surface area (Å²) in [6, 6.07) is 24.7. The first-order valence-electron chi connectivity index (χ1n) is 23.5. The third-order valence-electron chi connectivity index (χ3n) is 12.7. The van der Waals surface area contributed by atoms with Crippen LogP contribution in [0.4, 0.5) is 0 Å². The predicted octanol–water partition coefficient (Wildman–Crippen LogP) is 5.62. The molecule has 3 N–H and O–H groups in total. The van der Waals surface area contributed by atoms with Gasteiger partial charge in [-0.25, -0.2) is 14.2 Å². The van der Waals surface area contributed by atoms with Crippen LogP contribution in [0.3, 0.4) is 0 Å². The molecule has 3 saturated heterocycles. The zero-order valence-corrected chi connectivity index (χ0v) is 43.7. The molecule has 72 heavy (non-hydrogen) atoms. The molecule has 3 fully saturated rings. The number of nitrogens with zero attached hydrogens (tertiary/aromatic N) is 3. The molecule has 0 aliphatic carbocycles. The number of aryl methyl sites for hydroxylation is 2. The number of benzene rings is 3. The first-order chi connectivity index (χ1) is 34.8. The Morgan fingerprint density at radius 1 is 0.708 bits per heavy atom. The van der Waals surface area contributed by atoms with Crippen molar-refractivity contribution in [2.75, 3.05) is 77.5 Å². The summed E-state index contributed by atoms with van der Waals surface area (Å²) in [5.74, 6) is 3.07. The number of aliphatic hydroxyl groups excluding tert-OH is 1. The molecule has 0 saturated carbocycles. The Kier molecular flexibility index (Phi) is 18.5. The maximum absolute atomic E-state index is 15.4. The molecule has 3 aromatic carbocycles. The van der Waals surface area contributed by atoms with Gasteiger partial charge in [-0.3, -0.25) is 42.6 Å². The Hall–Kier alpha value is -4.42. The van der Waals surface area contributed by atoms with Crippen LogP contribution in [0.15, 0.2) is 110 Å². The number of hydrogen-bond acceptors (Lipinski definition) is 18. The lowest BCUT2D eigenvalue weighted by atomic mass is 9.79. The Balaban J connectivity index is 1.12. The quantitative estimate of drug-likeness (QED) is 0.0312. The zero-order valence-electron chi connectivity index (χ0n) is 40.4. The van der Waals surface area contributed by atoms with E-state index in [1.807, 2.05) is 78.9 Å². The fraction of sp³-hybridized carbons (Fsp3) is 0.469. The lowest BCUT2D eigenvalue weighted by Gasteiger charge is -2.39. The van der Waals surface area contributed by atoms with E-state index in [1.165, 1.54) is 21.5 Å². The average Bonchev–Trinajstić information content (AvgIpc) is 4.00. The van der Waals surface area contributed by atoms with Crippen LogP contribution in [0.5, 0.6) is 11.5 Å². The molecule has 3 aliphatic heterocycles. The highest BCUT2D eigenvalue weighted by Crippen LogP contribution is 2.63. The van der Waals surface area contributed by atoms with Crippen LogP contribution in [-0.4, -0.2) is 131 Å². The second kappa shape index (κ2) is 24.7. The van der Waals surface area contributed by atoms with Crippen molar-refractivity contribution in [2.24, 2.45) is 0 Å². The van der Waals surface area contributed by atoms with Gasteiger partial charge in [-0.1, -0.05) is 76.2 Å². The summed E-state index contributed by atoms with van der Waals surface area (Å²) >= 11 is 0.994. The minimum Gasteiger partial charge on any atom is -0.497 e. The summed E-state index contributed by atoms with van der Waals surface area (Å²) in [6.07, 6.45) is -3.01. The first kappa shape index (κ1) is 53.9. The van der Waals surface area contributed by atoms with E-state index in [0.29, 0.717) is 23.0 Å². The fourth-order valence-corrected chi connectivity index (χ4v) is 15.1. The number of H-pyrrole nitrogens is 2. The second-order valence-electron chi connectivity index (χ2n) is 17.3. The fourth-order valence-electron chi connectivity index (χ4n) is 8.87. The van der Waals surface area contributed by atoms with Crippen molar-refractivity contribution in [3.05, 3.63) is 161 Å². The number of hydrogen-bond donors (Lipinski definition) is 3. The molecule has 0 spiro atoms. The minimum absolute atomic E-state index is 0.0117. The first-order valence-corrected chi connectivity index (χ1v) is 29.2. The number of aromatic amines is 2. The molecule has 3 unspecified atom stereocenters. The molecule has 5 heterocycles. The van der Waals surface area contributed by atoms with Gasteiger partial charge in [-0.15, -0.1) is 0 Å². The van der Waals surface area contributed by atoms with Crippen LogP contribution in [0.2, 0.25) is 0 Å². The van der Waals surface area contributed by atoms with E-state index in [2.05, 4.69) is 14.9 Å². The molecule has 3 aliphatic rings. The van der Waals surface area contributed by atoms with E-state index in [-0.39, 0.29) is 30.6 Å². The highest BCUT2D eigenvalue weighted by Gasteiger charge is 2.48. The molecule has 388 valence electrons. The van der Waals surface area contributed by atoms with Crippen molar-refractivity contribution in [1.82, 2.24) is 24.0 Å². The zero-order chi connectivity index (χ0) is 50.8. The molecule has 7 atom stereocenters. The van der Waals surface area contributed by atoms with Gasteiger partial charge in [0.05, 0.1) is 46.8 Å². The van der Waals surface area contributed by atoms with Crippen molar-refractivity contribution >= 4 is 39.8 Å². The molecule has 8 rings (SSSR count). The third-order valence-corrected chi connectivity index (χ3v) is 19.1. The minimum atomic E-state index is -4.23. The van der Waals surface area contributed by atoms with Gasteiger partial charge in [-0.2, -0.15) is 0 Å². The summed E-state index contributed by atoms with van der Waals surface area (Å²) in [5, 5.41) is 10.5. The van der Waals surface area contributed by atoms with Gasteiger partial charge in [0.15, 0.2) is 0 Å². The van der Waals surface area contributed by atoms with E-state index in [4.69, 9.17) is 37.5 Å². The van der Waals surface area contributed by atoms with Crippen LogP contribution < -0.4 is 32.0 Å². The molecule has 5 aromatic rings. The topological polar surface area (TPSA) is 224 Å². The summed E-state index contributed by atoms with van der Waals surface area (Å²) in [6.45, 7) is 2.17. The molecular weight excluding hydrogens is 1010 g/mol. The Morgan fingerprint density at radius 3 is 1.79 bits per heavy atom. The average molecular weight is 1070 g/mol. The van der Waals surface area contributed by atoms with Crippen LogP contribution in [-0.2, 0) is 38.2 Å². The number of ether oxygens (including phenoxy) is 6. The lowest BCUT2D eigenvalue weighted by Crippen LogP contribution is -2.41. The molecule has 0 bridgehead atoms. The maximum Gasteiger partial charge on any atom is 0.389 e. The standard InChI is InChI=1S/C49H60N5O14PS3/c1-32-28-53(47(58)50-45(32)56)43-26-39(67-49(34-8-6-5-7-9-34,35-10-14-37(61-3)15-11-35)36-12-16-38(62-4)17-13-36)42(66-43)31-64-69(60,70-24-25-72-71-23-20-52-18-21-63-22-19-52)68-40-27-44(65-41(40)30-55)54-29-33(2)46(57)51-48(54)59/h5-17,28-29,39-44,55H,18-27,30-31H2,1-4H3,(H,50,56,58)(H,51,57,59)/t39?,40?,41-,42-,43-,44-,69?/m1/s1. The van der Waals surface area contributed by atoms with E-state index >= 15 is 4.57 Å². The second-order valence-corrected chi connectivity index (χ2v) is 24.2. The van der Waals surface area contributed by atoms with Gasteiger partial charge in [0, 0.05) is 73.3 Å². The van der Waals surface area contributed by atoms with Crippen molar-refractivity contribution in [3.63, 3.8) is 0 Å². The van der Waals surface area contributed by atoms with E-state index < -0.39 is 78.4 Å². The Morgan fingerprint density at radius 2 is 1.24 bits per heavy atom. The predicted molar refractivity (Wildman–Crippen MR) is 277 cm³/mol. The van der Waals surface area contributed by atoms with Gasteiger partial charge in [0.1, 0.15) is 47.9 Å². The summed E-state index contributed by atoms with van der Waals surface area (Å²) in [7, 11) is 6.52. The van der Waals surface area contributed by atoms with Crippen LogP contribution in [0.1, 0.15) is 53.1 Å². The molecule has 23 heteroatoms. The number of aliphatic hydroxyl groups is 1. The number of rotatable bonds is 23. The molecule has 0 amide bonds. The molecule has 19 nitrogen and oxygen atoms in total. The van der Waals surface area contributed by atoms with Crippen LogP contribution in [0, 0.1) is 13.8 Å². The van der Waals surface area contributed by atoms with Crippen molar-refractivity contribution in [1.29, 1.82) is 0 Å². The summed E-state index contributed by atoms with van der Waals surface area (Å²) in [5.41, 5.74) is -1.05. The monoisotopic (exact) mass is 1070 g/mol. The third kappa shape index (κ3) is 12.7. The van der Waals surface area contributed by atoms with Crippen molar-refractivity contribution < 1.29 is 47.1 Å². The van der Waals surface area contributed by atoms with Crippen molar-refractivity contribution in [3.8, 4) is 11.5 Å². The van der Waals surface area contributed by atoms with Crippen LogP contribution >= 0.6 is 39.8 Å². The van der Waals surface area contributed by atoms with E-state index in [1.54, 1.807) is 49.7 Å². The smallest absolute Gasteiger partial charge is 0.389 e. The Labute approximate surface area is 427 Å². The largest absolute Gasteiger partial charge is 0.497 e. The van der Waals surface area contributed by atoms with Gasteiger partial charge < -0.3 is 33.5 Å². The molecule has 0 radical (unpaired) electrons. The lowest BCUT2D eigenvalue weighted by molar-refractivity contribution is -0.0978. The van der Waals surface area contributed by atoms with Gasteiger partial charge in [0.25, 0.3) is 11.1 Å². The number of morpholine rings is 1. The summed E-state index contributed by atoms with van der Waals surface area (Å²) < 4.78 is 67.7. The number of nitrogens with one attached hydrogen (secondary N) is 2. The number of aromatic nitrogens is 4. The van der Waals surface area contributed by atoms with E-state index in [9.17, 15) is 24.3 Å². The normalized spacial score (nSPS) is 22.5. The van der Waals surface area contributed by atoms with E-state index in [0.717, 1.165) is 66.7 Å². The SMILES string of the molecule is COc1ccc(C(OC2C[C@H](n3cc(C)c(=O)[nH]c3=O)O[C@@H]2COP(=O)(OC2C[C@H](n3cc(C)c(=O)[nH]c3=O)O[C@@H]2CO)SCCSSCCN2CCOCC2)(c2ccccc2)c2ccc(OC)cc2)cc1. The van der Waals surface area contributed by atoms with Gasteiger partial charge in [0.2, 0.25) is 0 Å². The Bertz CT molecular complexity index is 2820. The highest BCUT2D eigenvalue weighted by molar-refractivity contribution is 8.76. The molecule has 2 aromatic heterocycles. The summed E-state index contributed by atoms with van der Waals surface area (Å²) in [4.78, 5) is 58.3. The van der Waals surface area contributed by atoms with Crippen LogP contribution in [0.25, 0.3) is 0 Å². The van der Waals surface area contributed by atoms with Crippen molar-refractivity contribution in [2.45, 2.75) is 69.2 Å². The van der Waals surface area contributed by atoms with Gasteiger partial charge in [-0.05, 0) is 66.2 Å².